The number of hydrogen-bond donors (Lipinski definition) is 4. The van der Waals surface area contributed by atoms with Crippen molar-refractivity contribution in [3.8, 4) is 39.4 Å². The van der Waals surface area contributed by atoms with Crippen LogP contribution in [0.4, 0.5) is 0 Å². The Morgan fingerprint density at radius 1 is 0.865 bits per heavy atom. The Balaban J connectivity index is 1.11. The minimum atomic E-state index is -0.170. The first-order valence-electron chi connectivity index (χ1n) is 17.4. The molecule has 12 nitrogen and oxygen atoms in total. The van der Waals surface area contributed by atoms with Crippen LogP contribution in [0, 0.1) is 0 Å². The maximum absolute atomic E-state index is 13.4. The number of aromatic nitrogens is 4. The molecule has 0 bridgehead atoms. The van der Waals surface area contributed by atoms with Gasteiger partial charge in [0.05, 0.1) is 29.4 Å². The molecule has 2 fully saturated rings. The smallest absolute Gasteiger partial charge is 0.277 e. The van der Waals surface area contributed by atoms with Gasteiger partial charge < -0.3 is 26.0 Å². The van der Waals surface area contributed by atoms with Gasteiger partial charge in [0.2, 0.25) is 17.7 Å². The largest absolute Gasteiger partial charge is 0.481 e. The number of ether oxygens (including phenoxy) is 1. The number of fused-ring (bicyclic) bond motifs is 1. The number of hydrogen-bond acceptors (Lipinski definition) is 8. The number of nitrogens with one attached hydrogen (secondary N) is 4. The van der Waals surface area contributed by atoms with Crippen LogP contribution < -0.4 is 31.6 Å². The second kappa shape index (κ2) is 15.5. The molecule has 14 heteroatoms. The lowest BCUT2D eigenvalue weighted by Crippen LogP contribution is -2.35. The molecule has 2 amide bonds. The fourth-order valence-electron chi connectivity index (χ4n) is 6.89. The van der Waals surface area contributed by atoms with Crippen molar-refractivity contribution in [2.24, 2.45) is 7.05 Å². The van der Waals surface area contributed by atoms with E-state index in [9.17, 15) is 14.4 Å². The highest BCUT2D eigenvalue weighted by Crippen LogP contribution is 2.42. The molecule has 0 unspecified atom stereocenters. The summed E-state index contributed by atoms with van der Waals surface area (Å²) in [5.41, 5.74) is 5.48. The van der Waals surface area contributed by atoms with E-state index < -0.39 is 0 Å². The van der Waals surface area contributed by atoms with Gasteiger partial charge in [0, 0.05) is 84.6 Å². The molecule has 5 aromatic rings. The van der Waals surface area contributed by atoms with Gasteiger partial charge in [0.15, 0.2) is 0 Å². The number of nitrogens with zero attached hydrogens (tertiary/aromatic N) is 4. The molecular weight excluding hydrogens is 703 g/mol. The molecule has 52 heavy (non-hydrogen) atoms. The molecule has 3 aromatic heterocycles. The molecule has 2 aliphatic rings. The average Bonchev–Trinajstić information content (AvgIpc) is 3.89. The minimum Gasteiger partial charge on any atom is -0.481 e. The number of halogens is 2. The lowest BCUT2D eigenvalue weighted by Gasteiger charge is -2.15. The Kier molecular flexibility index (Phi) is 10.6. The molecule has 0 spiro atoms. The highest BCUT2D eigenvalue weighted by atomic mass is 35.5. The number of carbonyl (C=O) groups is 2. The summed E-state index contributed by atoms with van der Waals surface area (Å²) in [4.78, 5) is 41.2. The van der Waals surface area contributed by atoms with Gasteiger partial charge in [-0.25, -0.2) is 9.50 Å². The normalized spacial score (nSPS) is 17.2. The van der Waals surface area contributed by atoms with Crippen LogP contribution in [0.3, 0.4) is 0 Å². The second-order valence-electron chi connectivity index (χ2n) is 13.2. The van der Waals surface area contributed by atoms with E-state index in [-0.39, 0.29) is 29.5 Å². The average molecular weight is 744 g/mol. The van der Waals surface area contributed by atoms with Gasteiger partial charge in [-0.1, -0.05) is 65.7 Å². The molecule has 2 aliphatic heterocycles. The van der Waals surface area contributed by atoms with E-state index in [2.05, 4.69) is 21.3 Å². The van der Waals surface area contributed by atoms with Crippen LogP contribution in [0.5, 0.6) is 5.88 Å². The van der Waals surface area contributed by atoms with E-state index in [4.69, 9.17) is 38.0 Å². The third-order valence-corrected chi connectivity index (χ3v) is 10.6. The summed E-state index contributed by atoms with van der Waals surface area (Å²) in [6, 6.07) is 17.5. The first-order chi connectivity index (χ1) is 25.2. The van der Waals surface area contributed by atoms with Crippen LogP contribution >= 0.6 is 23.2 Å². The molecule has 7 rings (SSSR count). The van der Waals surface area contributed by atoms with Crippen molar-refractivity contribution in [3.05, 3.63) is 92.6 Å². The predicted octanol–water partition coefficient (Wildman–Crippen LogP) is 4.87. The van der Waals surface area contributed by atoms with Gasteiger partial charge in [-0.15, -0.1) is 0 Å². The fourth-order valence-corrected chi connectivity index (χ4v) is 7.55. The standard InChI is InChI=1S/C38H40Cl2N8O4/c1-47-32(20-41-16-15-24-10-13-33(49)43-24)46-48-21-23(17-31(48)38(47)51)26-5-3-6-27(35(26)39)28-7-4-8-29(36(28)40)30-12-9-22(37(45-30)52-2)18-42-19-25-11-14-34(50)44-25/h3-9,12,17,21,24-25,41-42H,10-11,13-16,18-20H2,1-2H3,(H,43,49)(H,44,50)/t24-,25+/m0/s1. The van der Waals surface area contributed by atoms with Gasteiger partial charge in [-0.2, -0.15) is 5.10 Å². The third kappa shape index (κ3) is 7.42. The molecule has 0 aliphatic carbocycles. The number of carbonyl (C=O) groups excluding carboxylic acids is 2. The van der Waals surface area contributed by atoms with Crippen molar-refractivity contribution < 1.29 is 14.3 Å². The van der Waals surface area contributed by atoms with Crippen LogP contribution in [-0.4, -0.2) is 63.3 Å². The molecule has 2 aromatic carbocycles. The number of rotatable bonds is 13. The van der Waals surface area contributed by atoms with Crippen molar-refractivity contribution in [3.63, 3.8) is 0 Å². The van der Waals surface area contributed by atoms with E-state index in [1.807, 2.05) is 54.7 Å². The monoisotopic (exact) mass is 742 g/mol. The van der Waals surface area contributed by atoms with E-state index in [0.29, 0.717) is 72.0 Å². The first kappa shape index (κ1) is 35.6. The van der Waals surface area contributed by atoms with Gasteiger partial charge >= 0.3 is 0 Å². The number of benzene rings is 2. The molecule has 2 saturated heterocycles. The summed E-state index contributed by atoms with van der Waals surface area (Å²) in [6.45, 7) is 2.30. The van der Waals surface area contributed by atoms with Gasteiger partial charge in [-0.3, -0.25) is 19.0 Å². The summed E-state index contributed by atoms with van der Waals surface area (Å²) >= 11 is 14.2. The minimum absolute atomic E-state index is 0.0912. The maximum atomic E-state index is 13.4. The summed E-state index contributed by atoms with van der Waals surface area (Å²) in [6.07, 6.45) is 5.44. The van der Waals surface area contributed by atoms with Crippen LogP contribution in [0.15, 0.2) is 65.6 Å². The predicted molar refractivity (Wildman–Crippen MR) is 201 cm³/mol. The third-order valence-electron chi connectivity index (χ3n) is 9.77. The highest BCUT2D eigenvalue weighted by molar-refractivity contribution is 6.39. The van der Waals surface area contributed by atoms with Crippen molar-refractivity contribution >= 4 is 40.5 Å². The van der Waals surface area contributed by atoms with Crippen molar-refractivity contribution in [1.29, 1.82) is 0 Å². The maximum Gasteiger partial charge on any atom is 0.277 e. The van der Waals surface area contributed by atoms with Crippen LogP contribution in [0.25, 0.3) is 39.0 Å². The van der Waals surface area contributed by atoms with Crippen LogP contribution in [-0.2, 0) is 29.7 Å². The lowest BCUT2D eigenvalue weighted by molar-refractivity contribution is -0.120. The zero-order chi connectivity index (χ0) is 36.4. The Bertz CT molecular complexity index is 2220. The number of methoxy groups -OCH3 is 1. The summed E-state index contributed by atoms with van der Waals surface area (Å²) in [7, 11) is 3.30. The Morgan fingerprint density at radius 3 is 2.23 bits per heavy atom. The lowest BCUT2D eigenvalue weighted by atomic mass is 9.97. The van der Waals surface area contributed by atoms with E-state index in [1.54, 1.807) is 29.3 Å². The van der Waals surface area contributed by atoms with Crippen LogP contribution in [0.1, 0.15) is 43.5 Å². The molecule has 2 atom stereocenters. The van der Waals surface area contributed by atoms with Gasteiger partial charge in [-0.05, 0) is 37.9 Å². The van der Waals surface area contributed by atoms with Crippen molar-refractivity contribution in [1.82, 2.24) is 40.4 Å². The Hall–Kier alpha value is -4.75. The fraction of sp³-hybridized carbons (Fsp3) is 0.342. The van der Waals surface area contributed by atoms with E-state index in [0.717, 1.165) is 52.6 Å². The summed E-state index contributed by atoms with van der Waals surface area (Å²) in [5.74, 6) is 1.27. The summed E-state index contributed by atoms with van der Waals surface area (Å²) < 4.78 is 8.80. The van der Waals surface area contributed by atoms with Crippen molar-refractivity contribution in [2.75, 3.05) is 20.2 Å². The Labute approximate surface area is 310 Å². The second-order valence-corrected chi connectivity index (χ2v) is 14.0. The number of pyridine rings is 1. The molecule has 0 saturated carbocycles. The molecule has 4 N–H and O–H groups in total. The molecule has 0 radical (unpaired) electrons. The van der Waals surface area contributed by atoms with E-state index >= 15 is 0 Å². The quantitative estimate of drug-likeness (QED) is 0.125. The summed E-state index contributed by atoms with van der Waals surface area (Å²) in [5, 5.41) is 18.4. The van der Waals surface area contributed by atoms with Gasteiger partial charge in [0.25, 0.3) is 5.56 Å². The zero-order valence-corrected chi connectivity index (χ0v) is 30.5. The first-order valence-corrected chi connectivity index (χ1v) is 18.2. The SMILES string of the molecule is COc1nc(-c2cccc(-c3cccc(-c4cc5c(=O)n(C)c(CNCC[C@@H]6CCC(=O)N6)nn5c4)c3Cl)c2Cl)ccc1CNC[C@H]1CCC(=O)N1. The molecule has 270 valence electrons. The van der Waals surface area contributed by atoms with Crippen LogP contribution in [0.2, 0.25) is 10.0 Å². The molecule has 5 heterocycles. The molecular formula is C38H40Cl2N8O4. The van der Waals surface area contributed by atoms with Gasteiger partial charge in [0.1, 0.15) is 11.3 Å². The topological polar surface area (TPSA) is 144 Å². The van der Waals surface area contributed by atoms with Crippen molar-refractivity contribution in [2.45, 2.75) is 57.3 Å². The Morgan fingerprint density at radius 2 is 1.54 bits per heavy atom. The zero-order valence-electron chi connectivity index (χ0n) is 29.0. The number of amides is 2. The van der Waals surface area contributed by atoms with E-state index in [1.165, 1.54) is 0 Å². The highest BCUT2D eigenvalue weighted by Gasteiger charge is 2.22.